The van der Waals surface area contributed by atoms with E-state index in [9.17, 15) is 4.79 Å². The topological polar surface area (TPSA) is 55.1 Å². The molecule has 1 aliphatic rings. The minimum absolute atomic E-state index is 0. The summed E-state index contributed by atoms with van der Waals surface area (Å²) in [6.45, 7) is 0. The fourth-order valence-electron chi connectivity index (χ4n) is 1.99. The van der Waals surface area contributed by atoms with Crippen molar-refractivity contribution in [2.24, 2.45) is 5.73 Å². The van der Waals surface area contributed by atoms with E-state index < -0.39 is 0 Å². The van der Waals surface area contributed by atoms with Crippen LogP contribution in [0.4, 0.5) is 0 Å². The summed E-state index contributed by atoms with van der Waals surface area (Å²) in [6.07, 6.45) is 4.39. The Hall–Kier alpha value is -0.580. The van der Waals surface area contributed by atoms with Crippen molar-refractivity contribution < 1.29 is 4.79 Å². The van der Waals surface area contributed by atoms with Gasteiger partial charge in [0.2, 0.25) is 0 Å². The first-order valence-electron chi connectivity index (χ1n) is 5.37. The Kier molecular flexibility index (Phi) is 5.25. The normalized spacial score (nSPS) is 24.6. The predicted octanol–water partition coefficient (Wildman–Crippen LogP) is 2.17. The van der Waals surface area contributed by atoms with Gasteiger partial charge in [-0.25, -0.2) is 0 Å². The molecule has 0 bridgehead atoms. The second-order valence-corrected chi connectivity index (χ2v) is 4.95. The summed E-state index contributed by atoms with van der Waals surface area (Å²) in [5.74, 6) is 0.0207. The highest BCUT2D eigenvalue weighted by molar-refractivity contribution is 7.12. The van der Waals surface area contributed by atoms with Crippen LogP contribution in [0.3, 0.4) is 0 Å². The van der Waals surface area contributed by atoms with E-state index in [1.54, 1.807) is 0 Å². The average Bonchev–Trinajstić information content (AvgIpc) is 2.74. The SMILES string of the molecule is Cl.NC1CCCCC1NC(=O)c1cccs1. The molecule has 2 unspecified atom stereocenters. The van der Waals surface area contributed by atoms with Crippen LogP contribution in [-0.4, -0.2) is 18.0 Å². The van der Waals surface area contributed by atoms with Crippen LogP contribution in [0.2, 0.25) is 0 Å². The third-order valence-corrected chi connectivity index (χ3v) is 3.75. The number of hydrogen-bond acceptors (Lipinski definition) is 3. The van der Waals surface area contributed by atoms with Gasteiger partial charge in [0.05, 0.1) is 4.88 Å². The number of nitrogens with two attached hydrogens (primary N) is 1. The van der Waals surface area contributed by atoms with Gasteiger partial charge in [-0.15, -0.1) is 23.7 Å². The van der Waals surface area contributed by atoms with Gasteiger partial charge in [0.15, 0.2) is 0 Å². The number of carbonyl (C=O) groups is 1. The Labute approximate surface area is 106 Å². The van der Waals surface area contributed by atoms with Gasteiger partial charge in [-0.3, -0.25) is 4.79 Å². The highest BCUT2D eigenvalue weighted by Crippen LogP contribution is 2.18. The predicted molar refractivity (Wildman–Crippen MR) is 69.3 cm³/mol. The number of rotatable bonds is 2. The molecule has 0 saturated heterocycles. The summed E-state index contributed by atoms with van der Waals surface area (Å²) in [7, 11) is 0. The van der Waals surface area contributed by atoms with Gasteiger partial charge in [-0.1, -0.05) is 18.9 Å². The average molecular weight is 261 g/mol. The van der Waals surface area contributed by atoms with Crippen molar-refractivity contribution in [1.29, 1.82) is 0 Å². The lowest BCUT2D eigenvalue weighted by molar-refractivity contribution is 0.0925. The van der Waals surface area contributed by atoms with E-state index in [1.807, 2.05) is 17.5 Å². The fourth-order valence-corrected chi connectivity index (χ4v) is 2.61. The zero-order chi connectivity index (χ0) is 10.7. The van der Waals surface area contributed by atoms with Gasteiger partial charge in [0, 0.05) is 12.1 Å². The van der Waals surface area contributed by atoms with Gasteiger partial charge >= 0.3 is 0 Å². The Morgan fingerprint density at radius 2 is 2.19 bits per heavy atom. The molecule has 1 amide bonds. The van der Waals surface area contributed by atoms with E-state index >= 15 is 0 Å². The molecule has 0 aliphatic heterocycles. The number of carbonyl (C=O) groups excluding carboxylic acids is 1. The van der Waals surface area contributed by atoms with Gasteiger partial charge < -0.3 is 11.1 Å². The molecule has 0 spiro atoms. The standard InChI is InChI=1S/C11H16N2OS.ClH/c12-8-4-1-2-5-9(8)13-11(14)10-6-3-7-15-10;/h3,6-9H,1-2,4-5,12H2,(H,13,14);1H. The van der Waals surface area contributed by atoms with Crippen LogP contribution in [0.15, 0.2) is 17.5 Å². The molecule has 1 aromatic rings. The van der Waals surface area contributed by atoms with Crippen molar-refractivity contribution in [1.82, 2.24) is 5.32 Å². The molecule has 1 heterocycles. The molecule has 1 saturated carbocycles. The zero-order valence-corrected chi connectivity index (χ0v) is 10.7. The van der Waals surface area contributed by atoms with Crippen LogP contribution >= 0.6 is 23.7 Å². The van der Waals surface area contributed by atoms with E-state index in [4.69, 9.17) is 5.73 Å². The first kappa shape index (κ1) is 13.5. The second kappa shape index (κ2) is 6.23. The maximum atomic E-state index is 11.8. The molecule has 1 aromatic heterocycles. The van der Waals surface area contributed by atoms with Crippen molar-refractivity contribution in [3.05, 3.63) is 22.4 Å². The van der Waals surface area contributed by atoms with E-state index in [-0.39, 0.29) is 30.4 Å². The molecular formula is C11H17ClN2OS. The van der Waals surface area contributed by atoms with Crippen LogP contribution in [0.5, 0.6) is 0 Å². The number of thiophene rings is 1. The van der Waals surface area contributed by atoms with E-state index in [1.165, 1.54) is 24.2 Å². The summed E-state index contributed by atoms with van der Waals surface area (Å²) in [6, 6.07) is 4.02. The minimum Gasteiger partial charge on any atom is -0.347 e. The lowest BCUT2D eigenvalue weighted by Crippen LogP contribution is -2.49. The van der Waals surface area contributed by atoms with Crippen molar-refractivity contribution in [2.75, 3.05) is 0 Å². The smallest absolute Gasteiger partial charge is 0.261 e. The third kappa shape index (κ3) is 3.20. The number of nitrogens with one attached hydrogen (secondary N) is 1. The first-order chi connectivity index (χ1) is 7.27. The highest BCUT2D eigenvalue weighted by atomic mass is 35.5. The second-order valence-electron chi connectivity index (χ2n) is 4.01. The third-order valence-electron chi connectivity index (χ3n) is 2.88. The van der Waals surface area contributed by atoms with E-state index in [0.717, 1.165) is 17.7 Å². The molecule has 90 valence electrons. The summed E-state index contributed by atoms with van der Waals surface area (Å²) in [4.78, 5) is 12.5. The van der Waals surface area contributed by atoms with Crippen LogP contribution in [0.1, 0.15) is 35.4 Å². The largest absolute Gasteiger partial charge is 0.347 e. The van der Waals surface area contributed by atoms with Crippen LogP contribution < -0.4 is 11.1 Å². The molecule has 0 aromatic carbocycles. The first-order valence-corrected chi connectivity index (χ1v) is 6.25. The van der Waals surface area contributed by atoms with Gasteiger partial charge in [-0.2, -0.15) is 0 Å². The maximum Gasteiger partial charge on any atom is 0.261 e. The molecule has 0 radical (unpaired) electrons. The van der Waals surface area contributed by atoms with Crippen molar-refractivity contribution in [3.63, 3.8) is 0 Å². The maximum absolute atomic E-state index is 11.8. The van der Waals surface area contributed by atoms with Gasteiger partial charge in [-0.05, 0) is 24.3 Å². The zero-order valence-electron chi connectivity index (χ0n) is 9.02. The minimum atomic E-state index is 0. The molecule has 3 nitrogen and oxygen atoms in total. The van der Waals surface area contributed by atoms with Crippen LogP contribution in [0, 0.1) is 0 Å². The summed E-state index contributed by atoms with van der Waals surface area (Å²) >= 11 is 1.47. The summed E-state index contributed by atoms with van der Waals surface area (Å²) in [5, 5.41) is 4.93. The Balaban J connectivity index is 0.00000128. The van der Waals surface area contributed by atoms with Crippen molar-refractivity contribution in [2.45, 2.75) is 37.8 Å². The molecule has 5 heteroatoms. The molecule has 1 fully saturated rings. The van der Waals surface area contributed by atoms with Gasteiger partial charge in [0.25, 0.3) is 5.91 Å². The molecule has 2 rings (SSSR count). The molecule has 16 heavy (non-hydrogen) atoms. The van der Waals surface area contributed by atoms with E-state index in [0.29, 0.717) is 0 Å². The molecular weight excluding hydrogens is 244 g/mol. The van der Waals surface area contributed by atoms with Crippen molar-refractivity contribution in [3.8, 4) is 0 Å². The fraction of sp³-hybridized carbons (Fsp3) is 0.545. The molecule has 2 atom stereocenters. The lowest BCUT2D eigenvalue weighted by Gasteiger charge is -2.29. The number of amides is 1. The quantitative estimate of drug-likeness (QED) is 0.856. The summed E-state index contributed by atoms with van der Waals surface area (Å²) in [5.41, 5.74) is 5.97. The Bertz CT molecular complexity index is 329. The van der Waals surface area contributed by atoms with Gasteiger partial charge in [0.1, 0.15) is 0 Å². The lowest BCUT2D eigenvalue weighted by atomic mass is 9.91. The Morgan fingerprint density at radius 3 is 2.81 bits per heavy atom. The van der Waals surface area contributed by atoms with Crippen molar-refractivity contribution >= 4 is 29.7 Å². The molecule has 1 aliphatic carbocycles. The van der Waals surface area contributed by atoms with Crippen LogP contribution in [0.25, 0.3) is 0 Å². The number of halogens is 1. The van der Waals surface area contributed by atoms with Crippen LogP contribution in [-0.2, 0) is 0 Å². The monoisotopic (exact) mass is 260 g/mol. The number of hydrogen-bond donors (Lipinski definition) is 2. The molecule has 3 N–H and O–H groups in total. The highest BCUT2D eigenvalue weighted by Gasteiger charge is 2.23. The van der Waals surface area contributed by atoms with E-state index in [2.05, 4.69) is 5.32 Å². The Morgan fingerprint density at radius 1 is 1.44 bits per heavy atom. The summed E-state index contributed by atoms with van der Waals surface area (Å²) < 4.78 is 0.